The Balaban J connectivity index is 0. The molecule has 0 saturated carbocycles. The standard InChI is InChI=1S/C14H32N.H2O/c1-5-6-7-8-9-10-11-12-13-14-15(2,3)4;/h5-14H2,1-4H3;1H2/q+1;/p-1. The number of hydrogen-bond acceptors (Lipinski definition) is 1. The molecule has 16 heavy (non-hydrogen) atoms. The highest BCUT2D eigenvalue weighted by Gasteiger charge is 2.04. The predicted molar refractivity (Wildman–Crippen MR) is 72.1 cm³/mol. The van der Waals surface area contributed by atoms with E-state index in [0.717, 1.165) is 4.48 Å². The Hall–Kier alpha value is -0.0800. The van der Waals surface area contributed by atoms with Crippen molar-refractivity contribution in [2.75, 3.05) is 27.7 Å². The molecule has 0 spiro atoms. The second-order valence-corrected chi connectivity index (χ2v) is 5.84. The van der Waals surface area contributed by atoms with Gasteiger partial charge >= 0.3 is 0 Å². The second-order valence-electron chi connectivity index (χ2n) is 5.84. The maximum absolute atomic E-state index is 2.28. The Kier molecular flexibility index (Phi) is 13.0. The molecule has 0 fully saturated rings. The third-order valence-corrected chi connectivity index (χ3v) is 2.93. The average molecular weight is 231 g/mol. The molecule has 0 saturated heterocycles. The molecule has 0 heterocycles. The smallest absolute Gasteiger partial charge is 0.0780 e. The summed E-state index contributed by atoms with van der Waals surface area (Å²) < 4.78 is 1.12. The third-order valence-electron chi connectivity index (χ3n) is 2.93. The molecule has 0 rings (SSSR count). The fraction of sp³-hybridized carbons (Fsp3) is 1.00. The van der Waals surface area contributed by atoms with Crippen LogP contribution in [0.1, 0.15) is 64.7 Å². The molecule has 0 radical (unpaired) electrons. The second kappa shape index (κ2) is 11.4. The molecule has 0 atom stereocenters. The molecule has 1 N–H and O–H groups in total. The minimum Gasteiger partial charge on any atom is -0.870 e. The van der Waals surface area contributed by atoms with Crippen molar-refractivity contribution in [3.05, 3.63) is 0 Å². The summed E-state index contributed by atoms with van der Waals surface area (Å²) in [7, 11) is 6.85. The van der Waals surface area contributed by atoms with Crippen LogP contribution in [0.15, 0.2) is 0 Å². The molecule has 2 heteroatoms. The highest BCUT2D eigenvalue weighted by Crippen LogP contribution is 2.10. The average Bonchev–Trinajstić information content (AvgIpc) is 2.14. The van der Waals surface area contributed by atoms with Gasteiger partial charge in [-0.3, -0.25) is 0 Å². The fourth-order valence-corrected chi connectivity index (χ4v) is 1.90. The monoisotopic (exact) mass is 231 g/mol. The molecule has 0 bridgehead atoms. The van der Waals surface area contributed by atoms with Gasteiger partial charge in [0.2, 0.25) is 0 Å². The third kappa shape index (κ3) is 16.4. The SMILES string of the molecule is CCCCCCCCCCC[N+](C)(C)C.[OH-]. The number of rotatable bonds is 10. The van der Waals surface area contributed by atoms with Crippen LogP contribution >= 0.6 is 0 Å². The van der Waals surface area contributed by atoms with E-state index in [0.29, 0.717) is 0 Å². The molecular formula is C14H33NO. The molecule has 0 aromatic heterocycles. The maximum Gasteiger partial charge on any atom is 0.0780 e. The number of nitrogens with zero attached hydrogens (tertiary/aromatic N) is 1. The molecule has 0 aliphatic carbocycles. The molecule has 0 aliphatic heterocycles. The Labute approximate surface area is 103 Å². The van der Waals surface area contributed by atoms with Crippen LogP contribution in [-0.2, 0) is 0 Å². The lowest BCUT2D eigenvalue weighted by atomic mass is 10.1. The van der Waals surface area contributed by atoms with E-state index in [4.69, 9.17) is 0 Å². The normalized spacial score (nSPS) is 11.2. The summed E-state index contributed by atoms with van der Waals surface area (Å²) in [4.78, 5) is 0. The van der Waals surface area contributed by atoms with E-state index in [-0.39, 0.29) is 5.48 Å². The topological polar surface area (TPSA) is 30.0 Å². The van der Waals surface area contributed by atoms with Gasteiger partial charge in [0.15, 0.2) is 0 Å². The van der Waals surface area contributed by atoms with Crippen molar-refractivity contribution < 1.29 is 9.96 Å². The summed E-state index contributed by atoms with van der Waals surface area (Å²) in [6.07, 6.45) is 12.9. The van der Waals surface area contributed by atoms with Gasteiger partial charge in [0.25, 0.3) is 0 Å². The van der Waals surface area contributed by atoms with Gasteiger partial charge in [0, 0.05) is 0 Å². The van der Waals surface area contributed by atoms with Crippen LogP contribution in [0.3, 0.4) is 0 Å². The first-order valence-electron chi connectivity index (χ1n) is 6.86. The van der Waals surface area contributed by atoms with E-state index in [1.54, 1.807) is 0 Å². The summed E-state index contributed by atoms with van der Waals surface area (Å²) in [5.74, 6) is 0. The van der Waals surface area contributed by atoms with Crippen molar-refractivity contribution in [2.24, 2.45) is 0 Å². The quantitative estimate of drug-likeness (QED) is 0.412. The Bertz CT molecular complexity index is 129. The largest absolute Gasteiger partial charge is 0.870 e. The summed E-state index contributed by atoms with van der Waals surface area (Å²) in [5, 5.41) is 0. The minimum atomic E-state index is 0. The number of hydrogen-bond donors (Lipinski definition) is 0. The first-order chi connectivity index (χ1) is 7.06. The van der Waals surface area contributed by atoms with Crippen LogP contribution in [0, 0.1) is 0 Å². The predicted octanol–water partition coefficient (Wildman–Crippen LogP) is 4.05. The molecule has 0 amide bonds. The number of quaternary nitrogens is 1. The zero-order valence-electron chi connectivity index (χ0n) is 12.0. The molecular weight excluding hydrogens is 198 g/mol. The molecule has 0 aliphatic rings. The molecule has 100 valence electrons. The van der Waals surface area contributed by atoms with Crippen LogP contribution in [0.5, 0.6) is 0 Å². The van der Waals surface area contributed by atoms with Crippen molar-refractivity contribution >= 4 is 0 Å². The van der Waals surface area contributed by atoms with E-state index in [1.165, 1.54) is 64.3 Å². The first-order valence-corrected chi connectivity index (χ1v) is 6.86. The van der Waals surface area contributed by atoms with E-state index in [2.05, 4.69) is 28.1 Å². The Morgan fingerprint density at radius 3 is 1.38 bits per heavy atom. The molecule has 0 aromatic rings. The Morgan fingerprint density at radius 1 is 0.625 bits per heavy atom. The summed E-state index contributed by atoms with van der Waals surface area (Å²) >= 11 is 0. The van der Waals surface area contributed by atoms with E-state index < -0.39 is 0 Å². The summed E-state index contributed by atoms with van der Waals surface area (Å²) in [6.45, 7) is 3.61. The zero-order chi connectivity index (χ0) is 11.6. The summed E-state index contributed by atoms with van der Waals surface area (Å²) in [6, 6.07) is 0. The van der Waals surface area contributed by atoms with Crippen LogP contribution in [0.25, 0.3) is 0 Å². The highest BCUT2D eigenvalue weighted by atomic mass is 16.0. The van der Waals surface area contributed by atoms with Crippen molar-refractivity contribution in [3.8, 4) is 0 Å². The minimum absolute atomic E-state index is 0. The fourth-order valence-electron chi connectivity index (χ4n) is 1.90. The Morgan fingerprint density at radius 2 is 1.00 bits per heavy atom. The molecule has 0 unspecified atom stereocenters. The van der Waals surface area contributed by atoms with Crippen molar-refractivity contribution in [2.45, 2.75) is 64.7 Å². The van der Waals surface area contributed by atoms with Crippen molar-refractivity contribution in [1.82, 2.24) is 0 Å². The van der Waals surface area contributed by atoms with Gasteiger partial charge in [-0.15, -0.1) is 0 Å². The number of unbranched alkanes of at least 4 members (excludes halogenated alkanes) is 8. The zero-order valence-corrected chi connectivity index (χ0v) is 12.0. The van der Waals surface area contributed by atoms with Crippen molar-refractivity contribution in [1.29, 1.82) is 0 Å². The van der Waals surface area contributed by atoms with Crippen LogP contribution in [0.2, 0.25) is 0 Å². The first kappa shape index (κ1) is 18.3. The maximum atomic E-state index is 2.28. The lowest BCUT2D eigenvalue weighted by molar-refractivity contribution is -0.870. The molecule has 0 aromatic carbocycles. The van der Waals surface area contributed by atoms with Gasteiger partial charge in [0.05, 0.1) is 27.7 Å². The van der Waals surface area contributed by atoms with Crippen LogP contribution < -0.4 is 0 Å². The lowest BCUT2D eigenvalue weighted by Crippen LogP contribution is -2.35. The van der Waals surface area contributed by atoms with Gasteiger partial charge in [0.1, 0.15) is 0 Å². The van der Waals surface area contributed by atoms with E-state index in [9.17, 15) is 0 Å². The lowest BCUT2D eigenvalue weighted by Gasteiger charge is -2.23. The van der Waals surface area contributed by atoms with Gasteiger partial charge < -0.3 is 9.96 Å². The van der Waals surface area contributed by atoms with Gasteiger partial charge in [-0.05, 0) is 12.8 Å². The summed E-state index contributed by atoms with van der Waals surface area (Å²) in [5.41, 5.74) is 0. The highest BCUT2D eigenvalue weighted by molar-refractivity contribution is 4.46. The van der Waals surface area contributed by atoms with Gasteiger partial charge in [-0.1, -0.05) is 51.9 Å². The van der Waals surface area contributed by atoms with Gasteiger partial charge in [-0.25, -0.2) is 0 Å². The van der Waals surface area contributed by atoms with E-state index >= 15 is 0 Å². The van der Waals surface area contributed by atoms with Crippen LogP contribution in [-0.4, -0.2) is 37.6 Å². The van der Waals surface area contributed by atoms with Crippen LogP contribution in [0.4, 0.5) is 0 Å². The molecule has 2 nitrogen and oxygen atoms in total. The van der Waals surface area contributed by atoms with Gasteiger partial charge in [-0.2, -0.15) is 0 Å². The van der Waals surface area contributed by atoms with E-state index in [1.807, 2.05) is 0 Å². The van der Waals surface area contributed by atoms with Crippen molar-refractivity contribution in [3.63, 3.8) is 0 Å².